The van der Waals surface area contributed by atoms with E-state index in [-0.39, 0.29) is 0 Å². The Morgan fingerprint density at radius 2 is 1.27 bits per heavy atom. The average Bonchev–Trinajstić information content (AvgIpc) is 2.01. The Kier molecular flexibility index (Phi) is 8.47. The second-order valence-corrected chi connectivity index (χ2v) is 13.3. The van der Waals surface area contributed by atoms with Crippen LogP contribution >= 0.6 is 28.3 Å². The maximum absolute atomic E-state index is 12.1. The molecule has 3 nitrogen and oxygen atoms in total. The Bertz CT molecular complexity index is 194. The van der Waals surface area contributed by atoms with Crippen molar-refractivity contribution < 1.29 is 4.57 Å². The third-order valence-electron chi connectivity index (χ3n) is 1.73. The molecule has 0 atom stereocenters. The van der Waals surface area contributed by atoms with Crippen molar-refractivity contribution in [3.8, 4) is 0 Å². The highest BCUT2D eigenvalue weighted by Crippen LogP contribution is 2.65. The summed E-state index contributed by atoms with van der Waals surface area (Å²) in [6, 6.07) is 0. The van der Waals surface area contributed by atoms with Gasteiger partial charge in [-0.25, -0.2) is 0 Å². The molecular weight excluding hydrogens is 247 g/mol. The van der Waals surface area contributed by atoms with Crippen molar-refractivity contribution in [1.82, 2.24) is 9.80 Å². The van der Waals surface area contributed by atoms with Gasteiger partial charge >= 0.3 is 0 Å². The number of hydrogen-bond acceptors (Lipinski definition) is 5. The third-order valence-corrected chi connectivity index (χ3v) is 9.20. The van der Waals surface area contributed by atoms with Gasteiger partial charge in [0.25, 0.3) is 0 Å². The molecule has 0 saturated carbocycles. The summed E-state index contributed by atoms with van der Waals surface area (Å²) in [5, 5.41) is 0. The van der Waals surface area contributed by atoms with Gasteiger partial charge in [0.05, 0.1) is 0 Å². The molecule has 0 rings (SSSR count). The van der Waals surface area contributed by atoms with E-state index < -0.39 is 5.55 Å². The van der Waals surface area contributed by atoms with Crippen LogP contribution in [0.3, 0.4) is 0 Å². The van der Waals surface area contributed by atoms with Crippen molar-refractivity contribution in [2.24, 2.45) is 0 Å². The standard InChI is InChI=1S/C9H23N2OPS2/c1-10(2)6-8-14-13(5,12)15-9-7-11(3)4/h6-9H2,1-5H3. The summed E-state index contributed by atoms with van der Waals surface area (Å²) in [6.45, 7) is 3.88. The molecule has 0 aromatic heterocycles. The summed E-state index contributed by atoms with van der Waals surface area (Å²) < 4.78 is 12.1. The lowest BCUT2D eigenvalue weighted by molar-refractivity contribution is 0.437. The van der Waals surface area contributed by atoms with Crippen LogP contribution in [-0.4, -0.2) is 69.3 Å². The molecule has 0 aliphatic carbocycles. The zero-order valence-corrected chi connectivity index (χ0v) is 12.9. The van der Waals surface area contributed by atoms with Gasteiger partial charge in [-0.05, 0) is 28.2 Å². The predicted octanol–water partition coefficient (Wildman–Crippen LogP) is 2.40. The summed E-state index contributed by atoms with van der Waals surface area (Å²) in [4.78, 5) is 4.25. The highest BCUT2D eigenvalue weighted by Gasteiger charge is 2.16. The van der Waals surface area contributed by atoms with Crippen molar-refractivity contribution in [2.75, 3.05) is 59.5 Å². The van der Waals surface area contributed by atoms with Gasteiger partial charge in [0.1, 0.15) is 0 Å². The summed E-state index contributed by atoms with van der Waals surface area (Å²) in [6.07, 6.45) is 0. The van der Waals surface area contributed by atoms with E-state index in [1.54, 1.807) is 22.8 Å². The molecule has 0 spiro atoms. The van der Waals surface area contributed by atoms with Crippen molar-refractivity contribution in [2.45, 2.75) is 0 Å². The molecule has 0 aliphatic rings. The summed E-state index contributed by atoms with van der Waals surface area (Å²) in [7, 11) is 8.17. The second-order valence-electron chi connectivity index (χ2n) is 4.04. The first-order valence-electron chi connectivity index (χ1n) is 4.99. The van der Waals surface area contributed by atoms with Crippen molar-refractivity contribution >= 4 is 28.3 Å². The normalized spacial score (nSPS) is 12.7. The van der Waals surface area contributed by atoms with Crippen LogP contribution < -0.4 is 0 Å². The largest absolute Gasteiger partial charge is 0.309 e. The Morgan fingerprint density at radius 3 is 1.53 bits per heavy atom. The fourth-order valence-corrected chi connectivity index (χ4v) is 7.16. The van der Waals surface area contributed by atoms with E-state index in [1.165, 1.54) is 0 Å². The number of hydrogen-bond donors (Lipinski definition) is 0. The van der Waals surface area contributed by atoms with E-state index in [0.29, 0.717) is 0 Å². The molecule has 0 aromatic rings. The first-order chi connectivity index (χ1) is 6.83. The van der Waals surface area contributed by atoms with Crippen molar-refractivity contribution in [3.63, 3.8) is 0 Å². The van der Waals surface area contributed by atoms with E-state index in [4.69, 9.17) is 0 Å². The van der Waals surface area contributed by atoms with Gasteiger partial charge in [-0.3, -0.25) is 0 Å². The van der Waals surface area contributed by atoms with E-state index in [0.717, 1.165) is 24.6 Å². The Balaban J connectivity index is 3.63. The molecule has 0 amide bonds. The molecule has 0 aromatic carbocycles. The molecule has 92 valence electrons. The molecule has 0 heterocycles. The Labute approximate surface area is 102 Å². The van der Waals surface area contributed by atoms with E-state index in [2.05, 4.69) is 9.80 Å². The smallest absolute Gasteiger partial charge is 0.188 e. The monoisotopic (exact) mass is 270 g/mol. The van der Waals surface area contributed by atoms with Crippen LogP contribution in [0.1, 0.15) is 0 Å². The SMILES string of the molecule is CN(C)CCSP(C)(=O)SCCN(C)C. The maximum atomic E-state index is 12.1. The van der Waals surface area contributed by atoms with Crippen LogP contribution in [0.25, 0.3) is 0 Å². The minimum Gasteiger partial charge on any atom is -0.309 e. The first-order valence-corrected chi connectivity index (χ1v) is 10.3. The highest BCUT2D eigenvalue weighted by atomic mass is 33.1. The zero-order valence-electron chi connectivity index (χ0n) is 10.4. The summed E-state index contributed by atoms with van der Waals surface area (Å²) >= 11 is 3.23. The maximum Gasteiger partial charge on any atom is 0.188 e. The molecule has 0 unspecified atom stereocenters. The van der Waals surface area contributed by atoms with Gasteiger partial charge in [0.2, 0.25) is 0 Å². The van der Waals surface area contributed by atoms with Gasteiger partial charge in [-0.1, -0.05) is 22.8 Å². The fourth-order valence-electron chi connectivity index (χ4n) is 0.816. The lowest BCUT2D eigenvalue weighted by Gasteiger charge is -2.15. The number of rotatable bonds is 8. The second kappa shape index (κ2) is 8.02. The molecule has 0 aliphatic heterocycles. The quantitative estimate of drug-likeness (QED) is 0.630. The van der Waals surface area contributed by atoms with Crippen LogP contribution in [0, 0.1) is 0 Å². The predicted molar refractivity (Wildman–Crippen MR) is 75.6 cm³/mol. The first kappa shape index (κ1) is 15.9. The molecule has 0 fully saturated rings. The lowest BCUT2D eigenvalue weighted by Crippen LogP contribution is -2.15. The molecule has 0 radical (unpaired) electrons. The molecule has 0 saturated heterocycles. The van der Waals surface area contributed by atoms with E-state index in [1.807, 2.05) is 34.9 Å². The molecule has 0 bridgehead atoms. The van der Waals surface area contributed by atoms with Crippen LogP contribution in [0.15, 0.2) is 0 Å². The van der Waals surface area contributed by atoms with E-state index in [9.17, 15) is 4.57 Å². The molecule has 0 N–H and O–H groups in total. The number of nitrogens with zero attached hydrogens (tertiary/aromatic N) is 2. The fraction of sp³-hybridized carbons (Fsp3) is 1.00. The minimum absolute atomic E-state index is 0.954. The van der Waals surface area contributed by atoms with Gasteiger partial charge < -0.3 is 14.4 Å². The molecular formula is C9H23N2OPS2. The average molecular weight is 270 g/mol. The van der Waals surface area contributed by atoms with Crippen LogP contribution in [0.2, 0.25) is 0 Å². The zero-order chi connectivity index (χ0) is 11.9. The van der Waals surface area contributed by atoms with Crippen molar-refractivity contribution in [3.05, 3.63) is 0 Å². The Morgan fingerprint density at radius 1 is 0.933 bits per heavy atom. The highest BCUT2D eigenvalue weighted by molar-refractivity contribution is 8.90. The van der Waals surface area contributed by atoms with Crippen molar-refractivity contribution in [1.29, 1.82) is 0 Å². The lowest BCUT2D eigenvalue weighted by atomic mass is 10.7. The van der Waals surface area contributed by atoms with Gasteiger partial charge in [-0.15, -0.1) is 0 Å². The van der Waals surface area contributed by atoms with Crippen LogP contribution in [-0.2, 0) is 4.57 Å². The van der Waals surface area contributed by atoms with Gasteiger partial charge in [-0.2, -0.15) is 0 Å². The molecule has 6 heteroatoms. The molecule has 15 heavy (non-hydrogen) atoms. The third kappa shape index (κ3) is 11.1. The van der Waals surface area contributed by atoms with Gasteiger partial charge in [0, 0.05) is 31.3 Å². The van der Waals surface area contributed by atoms with Crippen LogP contribution in [0.4, 0.5) is 0 Å². The van der Waals surface area contributed by atoms with Crippen LogP contribution in [0.5, 0.6) is 0 Å². The Hall–Kier alpha value is 0.850. The minimum atomic E-state index is -2.02. The summed E-state index contributed by atoms with van der Waals surface area (Å²) in [5.74, 6) is 1.91. The van der Waals surface area contributed by atoms with E-state index >= 15 is 0 Å². The van der Waals surface area contributed by atoms with Gasteiger partial charge in [0.15, 0.2) is 5.55 Å². The topological polar surface area (TPSA) is 23.6 Å². The summed E-state index contributed by atoms with van der Waals surface area (Å²) in [5.41, 5.74) is -2.02.